The summed E-state index contributed by atoms with van der Waals surface area (Å²) in [6, 6.07) is -1.06. The van der Waals surface area contributed by atoms with Crippen LogP contribution in [0, 0.1) is 0 Å². The van der Waals surface area contributed by atoms with Crippen molar-refractivity contribution in [2.75, 3.05) is 13.2 Å². The van der Waals surface area contributed by atoms with Crippen molar-refractivity contribution in [3.05, 3.63) is 0 Å². The lowest BCUT2D eigenvalue weighted by molar-refractivity contribution is -0.166. The molecule has 0 spiro atoms. The number of ether oxygens (including phenoxy) is 1. The minimum atomic E-state index is -4.20. The molecule has 0 aliphatic rings. The van der Waals surface area contributed by atoms with Gasteiger partial charge in [-0.3, -0.25) is 4.79 Å². The van der Waals surface area contributed by atoms with E-state index in [-0.39, 0.29) is 19.1 Å². The fourth-order valence-corrected chi connectivity index (χ4v) is 1.15. The predicted octanol–water partition coefficient (Wildman–Crippen LogP) is 1.74. The third kappa shape index (κ3) is 6.75. The van der Waals surface area contributed by atoms with E-state index in [0.29, 0.717) is 0 Å². The number of halogens is 4. The van der Waals surface area contributed by atoms with E-state index in [1.807, 2.05) is 0 Å². The van der Waals surface area contributed by atoms with Gasteiger partial charge in [0, 0.05) is 12.6 Å². The summed E-state index contributed by atoms with van der Waals surface area (Å²) in [5.41, 5.74) is 0. The van der Waals surface area contributed by atoms with Crippen molar-refractivity contribution in [2.24, 2.45) is 0 Å². The van der Waals surface area contributed by atoms with E-state index < -0.39 is 31.0 Å². The molecule has 0 aromatic heterocycles. The van der Waals surface area contributed by atoms with E-state index in [2.05, 4.69) is 10.1 Å². The molecule has 0 rings (SSSR count). The van der Waals surface area contributed by atoms with Crippen molar-refractivity contribution in [1.82, 2.24) is 5.32 Å². The number of carboxylic acids is 1. The number of hydrogen-bond donors (Lipinski definition) is 2. The van der Waals surface area contributed by atoms with Crippen LogP contribution in [0.15, 0.2) is 0 Å². The van der Waals surface area contributed by atoms with Crippen LogP contribution in [0.25, 0.3) is 0 Å². The minimum Gasteiger partial charge on any atom is -0.480 e. The van der Waals surface area contributed by atoms with Crippen molar-refractivity contribution in [3.63, 3.8) is 0 Å². The van der Waals surface area contributed by atoms with Gasteiger partial charge in [-0.25, -0.2) is 8.78 Å². The molecule has 8 heteroatoms. The molecular formula is C10H17F4NO3. The Morgan fingerprint density at radius 1 is 1.39 bits per heavy atom. The van der Waals surface area contributed by atoms with E-state index in [1.165, 1.54) is 0 Å². The molecule has 1 unspecified atom stereocenters. The standard InChI is InChI=1S/C10H17F4NO3/c1-6(2)15-7(8(16)17)3-4-18-5-10(13,14)9(11)12/h6-7,9,15H,3-5H2,1-2H3,(H,16,17). The van der Waals surface area contributed by atoms with Gasteiger partial charge in [0.05, 0.1) is 0 Å². The number of hydrogen-bond acceptors (Lipinski definition) is 3. The first-order valence-corrected chi connectivity index (χ1v) is 5.39. The molecule has 0 aliphatic carbocycles. The Labute approximate surface area is 102 Å². The quantitative estimate of drug-likeness (QED) is 0.497. The van der Waals surface area contributed by atoms with E-state index in [0.717, 1.165) is 0 Å². The van der Waals surface area contributed by atoms with Gasteiger partial charge in [0.15, 0.2) is 0 Å². The molecule has 0 bridgehead atoms. The molecule has 0 amide bonds. The molecule has 0 fully saturated rings. The number of carboxylic acid groups (broad SMARTS) is 1. The van der Waals surface area contributed by atoms with Gasteiger partial charge in [-0.15, -0.1) is 0 Å². The third-order valence-electron chi connectivity index (χ3n) is 2.00. The van der Waals surface area contributed by atoms with Crippen molar-refractivity contribution < 1.29 is 32.2 Å². The molecule has 0 radical (unpaired) electrons. The molecule has 0 aromatic carbocycles. The van der Waals surface area contributed by atoms with Gasteiger partial charge < -0.3 is 15.2 Å². The van der Waals surface area contributed by atoms with Crippen LogP contribution >= 0.6 is 0 Å². The fraction of sp³-hybridized carbons (Fsp3) is 0.900. The summed E-state index contributed by atoms with van der Waals surface area (Å²) >= 11 is 0. The van der Waals surface area contributed by atoms with Crippen molar-refractivity contribution in [2.45, 2.75) is 44.7 Å². The average Bonchev–Trinajstić information content (AvgIpc) is 2.21. The molecule has 0 aliphatic heterocycles. The Kier molecular flexibility index (Phi) is 7.15. The van der Waals surface area contributed by atoms with Crippen LogP contribution in [0.1, 0.15) is 20.3 Å². The molecule has 1 atom stereocenters. The zero-order valence-electron chi connectivity index (χ0n) is 10.1. The van der Waals surface area contributed by atoms with Gasteiger partial charge in [-0.2, -0.15) is 8.78 Å². The van der Waals surface area contributed by atoms with Crippen LogP contribution < -0.4 is 5.32 Å². The number of nitrogens with one attached hydrogen (secondary N) is 1. The van der Waals surface area contributed by atoms with Gasteiger partial charge in [0.1, 0.15) is 12.6 Å². The van der Waals surface area contributed by atoms with Crippen LogP contribution in [0.3, 0.4) is 0 Å². The molecular weight excluding hydrogens is 258 g/mol. The number of rotatable bonds is 9. The Balaban J connectivity index is 3.97. The maximum Gasteiger partial charge on any atom is 0.330 e. The van der Waals surface area contributed by atoms with Gasteiger partial charge in [0.2, 0.25) is 0 Å². The number of aliphatic carboxylic acids is 1. The molecule has 108 valence electrons. The first-order chi connectivity index (χ1) is 8.16. The van der Waals surface area contributed by atoms with Gasteiger partial charge in [-0.1, -0.05) is 13.8 Å². The maximum absolute atomic E-state index is 12.4. The average molecular weight is 275 g/mol. The van der Waals surface area contributed by atoms with Crippen LogP contribution in [0.2, 0.25) is 0 Å². The van der Waals surface area contributed by atoms with E-state index in [4.69, 9.17) is 5.11 Å². The number of alkyl halides is 4. The van der Waals surface area contributed by atoms with Crippen LogP contribution in [0.4, 0.5) is 17.6 Å². The summed E-state index contributed by atoms with van der Waals surface area (Å²) in [4.78, 5) is 10.7. The highest BCUT2D eigenvalue weighted by Gasteiger charge is 2.40. The normalized spacial score (nSPS) is 14.2. The molecule has 18 heavy (non-hydrogen) atoms. The minimum absolute atomic E-state index is 0.0766. The van der Waals surface area contributed by atoms with Crippen LogP contribution in [-0.4, -0.2) is 48.7 Å². The largest absolute Gasteiger partial charge is 0.480 e. The molecule has 0 saturated heterocycles. The summed E-state index contributed by atoms with van der Waals surface area (Å²) in [7, 11) is 0. The highest BCUT2D eigenvalue weighted by Crippen LogP contribution is 2.22. The van der Waals surface area contributed by atoms with Crippen molar-refractivity contribution >= 4 is 5.97 Å². The highest BCUT2D eigenvalue weighted by molar-refractivity contribution is 5.73. The Morgan fingerprint density at radius 2 is 1.94 bits per heavy atom. The molecule has 0 saturated carbocycles. The summed E-state index contributed by atoms with van der Waals surface area (Å²) in [5.74, 6) is -5.35. The van der Waals surface area contributed by atoms with Crippen molar-refractivity contribution in [1.29, 1.82) is 0 Å². The van der Waals surface area contributed by atoms with Crippen molar-refractivity contribution in [3.8, 4) is 0 Å². The van der Waals surface area contributed by atoms with Gasteiger partial charge in [0.25, 0.3) is 0 Å². The third-order valence-corrected chi connectivity index (χ3v) is 2.00. The second kappa shape index (κ2) is 7.52. The summed E-state index contributed by atoms with van der Waals surface area (Å²) in [5, 5.41) is 11.5. The van der Waals surface area contributed by atoms with Gasteiger partial charge >= 0.3 is 18.3 Å². The van der Waals surface area contributed by atoms with E-state index in [1.54, 1.807) is 13.8 Å². The SMILES string of the molecule is CC(C)NC(CCOCC(F)(F)C(F)F)C(=O)O. The van der Waals surface area contributed by atoms with E-state index in [9.17, 15) is 22.4 Å². The second-order valence-electron chi connectivity index (χ2n) is 4.12. The predicted molar refractivity (Wildman–Crippen MR) is 56.1 cm³/mol. The Hall–Kier alpha value is -0.890. The lowest BCUT2D eigenvalue weighted by Gasteiger charge is -2.18. The first-order valence-electron chi connectivity index (χ1n) is 5.39. The Morgan fingerprint density at radius 3 is 2.33 bits per heavy atom. The van der Waals surface area contributed by atoms with E-state index >= 15 is 0 Å². The molecule has 4 nitrogen and oxygen atoms in total. The fourth-order valence-electron chi connectivity index (χ4n) is 1.15. The smallest absolute Gasteiger partial charge is 0.330 e. The maximum atomic E-state index is 12.4. The topological polar surface area (TPSA) is 58.6 Å². The van der Waals surface area contributed by atoms with Crippen LogP contribution in [0.5, 0.6) is 0 Å². The first kappa shape index (κ1) is 17.1. The number of carbonyl (C=O) groups is 1. The lowest BCUT2D eigenvalue weighted by atomic mass is 10.2. The summed E-state index contributed by atoms with van der Waals surface area (Å²) in [6.07, 6.45) is -3.87. The van der Waals surface area contributed by atoms with Gasteiger partial charge in [-0.05, 0) is 6.42 Å². The second-order valence-corrected chi connectivity index (χ2v) is 4.12. The molecule has 0 heterocycles. The monoisotopic (exact) mass is 275 g/mol. The Bertz CT molecular complexity index is 262. The summed E-state index contributed by atoms with van der Waals surface area (Å²) < 4.78 is 52.8. The molecule has 0 aromatic rings. The summed E-state index contributed by atoms with van der Waals surface area (Å²) in [6.45, 7) is 1.70. The lowest BCUT2D eigenvalue weighted by Crippen LogP contribution is -2.42. The molecule has 2 N–H and O–H groups in total. The highest BCUT2D eigenvalue weighted by atomic mass is 19.3. The zero-order chi connectivity index (χ0) is 14.3. The zero-order valence-corrected chi connectivity index (χ0v) is 10.1. The van der Waals surface area contributed by atoms with Crippen LogP contribution in [-0.2, 0) is 9.53 Å².